The molecule has 1 N–H and O–H groups in total. The Morgan fingerprint density at radius 2 is 2.22 bits per heavy atom. The summed E-state index contributed by atoms with van der Waals surface area (Å²) in [5.41, 5.74) is 1.15. The smallest absolute Gasteiger partial charge is 0.0512 e. The molecule has 1 fully saturated rings. The van der Waals surface area contributed by atoms with Crippen LogP contribution in [-0.2, 0) is 11.2 Å². The van der Waals surface area contributed by atoms with Gasteiger partial charge in [-0.25, -0.2) is 0 Å². The maximum Gasteiger partial charge on any atom is 0.0512 e. The summed E-state index contributed by atoms with van der Waals surface area (Å²) < 4.78 is 5.59. The van der Waals surface area contributed by atoms with Gasteiger partial charge in [-0.3, -0.25) is 0 Å². The Hall–Kier alpha value is -0.280. The van der Waals surface area contributed by atoms with Crippen molar-refractivity contribution in [1.29, 1.82) is 0 Å². The van der Waals surface area contributed by atoms with E-state index in [0.717, 1.165) is 43.2 Å². The van der Waals surface area contributed by atoms with E-state index < -0.39 is 0 Å². The molecule has 0 unspecified atom stereocenters. The van der Waals surface area contributed by atoms with Crippen LogP contribution in [0, 0.1) is 5.92 Å². The van der Waals surface area contributed by atoms with Gasteiger partial charge in [0.15, 0.2) is 0 Å². The SMILES string of the molecule is CCN[C@@H]1CCOC[C@H]1Cc1ccc(Cl)cc1Cl. The van der Waals surface area contributed by atoms with E-state index in [-0.39, 0.29) is 0 Å². The van der Waals surface area contributed by atoms with Gasteiger partial charge in [-0.1, -0.05) is 36.2 Å². The molecule has 0 saturated carbocycles. The van der Waals surface area contributed by atoms with E-state index in [2.05, 4.69) is 12.2 Å². The summed E-state index contributed by atoms with van der Waals surface area (Å²) in [6.45, 7) is 4.79. The molecule has 0 aromatic heterocycles. The van der Waals surface area contributed by atoms with Crippen LogP contribution in [0.3, 0.4) is 0 Å². The number of hydrogen-bond acceptors (Lipinski definition) is 2. The number of rotatable bonds is 4. The summed E-state index contributed by atoms with van der Waals surface area (Å²) in [5, 5.41) is 4.98. The number of halogens is 2. The first kappa shape index (κ1) is 14.1. The molecule has 100 valence electrons. The molecule has 18 heavy (non-hydrogen) atoms. The third-order valence-electron chi connectivity index (χ3n) is 3.44. The van der Waals surface area contributed by atoms with E-state index in [0.29, 0.717) is 17.0 Å². The summed E-state index contributed by atoms with van der Waals surface area (Å²) >= 11 is 12.1. The lowest BCUT2D eigenvalue weighted by Crippen LogP contribution is -2.43. The van der Waals surface area contributed by atoms with Crippen LogP contribution in [0.1, 0.15) is 18.9 Å². The zero-order valence-electron chi connectivity index (χ0n) is 10.6. The third-order valence-corrected chi connectivity index (χ3v) is 4.02. The molecule has 1 saturated heterocycles. The molecule has 0 spiro atoms. The van der Waals surface area contributed by atoms with Crippen molar-refractivity contribution in [2.75, 3.05) is 19.8 Å². The monoisotopic (exact) mass is 287 g/mol. The minimum Gasteiger partial charge on any atom is -0.381 e. The van der Waals surface area contributed by atoms with Gasteiger partial charge in [0.1, 0.15) is 0 Å². The lowest BCUT2D eigenvalue weighted by molar-refractivity contribution is 0.0327. The van der Waals surface area contributed by atoms with Gasteiger partial charge < -0.3 is 10.1 Å². The van der Waals surface area contributed by atoms with Gasteiger partial charge in [-0.2, -0.15) is 0 Å². The lowest BCUT2D eigenvalue weighted by Gasteiger charge is -2.32. The number of benzene rings is 1. The molecule has 1 aromatic carbocycles. The fourth-order valence-electron chi connectivity index (χ4n) is 2.50. The molecule has 0 radical (unpaired) electrons. The van der Waals surface area contributed by atoms with Crippen molar-refractivity contribution in [3.05, 3.63) is 33.8 Å². The minimum atomic E-state index is 0.484. The second-order valence-electron chi connectivity index (χ2n) is 4.73. The molecule has 1 aromatic rings. The Bertz CT molecular complexity index is 395. The van der Waals surface area contributed by atoms with E-state index in [4.69, 9.17) is 27.9 Å². The molecule has 2 atom stereocenters. The molecule has 0 bridgehead atoms. The molecule has 0 aliphatic carbocycles. The van der Waals surface area contributed by atoms with Crippen molar-refractivity contribution in [2.45, 2.75) is 25.8 Å². The van der Waals surface area contributed by atoms with Gasteiger partial charge in [0.2, 0.25) is 0 Å². The second-order valence-corrected chi connectivity index (χ2v) is 5.57. The van der Waals surface area contributed by atoms with Crippen molar-refractivity contribution >= 4 is 23.2 Å². The summed E-state index contributed by atoms with van der Waals surface area (Å²) in [6, 6.07) is 6.25. The second kappa shape index (κ2) is 6.76. The normalized spacial score (nSPS) is 24.2. The Morgan fingerprint density at radius 3 is 2.94 bits per heavy atom. The van der Waals surface area contributed by atoms with Gasteiger partial charge in [0.05, 0.1) is 6.61 Å². The highest BCUT2D eigenvalue weighted by Crippen LogP contribution is 2.26. The molecule has 2 rings (SSSR count). The maximum absolute atomic E-state index is 6.23. The van der Waals surface area contributed by atoms with E-state index in [1.165, 1.54) is 0 Å². The number of ether oxygens (including phenoxy) is 1. The van der Waals surface area contributed by atoms with Crippen LogP contribution in [0.2, 0.25) is 10.0 Å². The average molecular weight is 288 g/mol. The molecule has 0 amide bonds. The number of nitrogens with one attached hydrogen (secondary N) is 1. The van der Waals surface area contributed by atoms with Gasteiger partial charge in [-0.15, -0.1) is 0 Å². The number of hydrogen-bond donors (Lipinski definition) is 1. The first-order valence-corrected chi connectivity index (χ1v) is 7.21. The maximum atomic E-state index is 6.23. The van der Waals surface area contributed by atoms with Gasteiger partial charge in [0.25, 0.3) is 0 Å². The summed E-state index contributed by atoms with van der Waals surface area (Å²) in [6.07, 6.45) is 2.01. The summed E-state index contributed by atoms with van der Waals surface area (Å²) in [7, 11) is 0. The first-order chi connectivity index (χ1) is 8.70. The van der Waals surface area contributed by atoms with E-state index in [1.807, 2.05) is 18.2 Å². The van der Waals surface area contributed by atoms with E-state index >= 15 is 0 Å². The Kier molecular flexibility index (Phi) is 5.31. The van der Waals surface area contributed by atoms with Crippen molar-refractivity contribution in [3.63, 3.8) is 0 Å². The van der Waals surface area contributed by atoms with Crippen LogP contribution >= 0.6 is 23.2 Å². The predicted molar refractivity (Wildman–Crippen MR) is 76.6 cm³/mol. The van der Waals surface area contributed by atoms with Crippen molar-refractivity contribution in [3.8, 4) is 0 Å². The van der Waals surface area contributed by atoms with Crippen LogP contribution in [-0.4, -0.2) is 25.8 Å². The van der Waals surface area contributed by atoms with Crippen molar-refractivity contribution < 1.29 is 4.74 Å². The quantitative estimate of drug-likeness (QED) is 0.914. The molecule has 1 aliphatic heterocycles. The molecular formula is C14H19Cl2NO. The Balaban J connectivity index is 2.06. The standard InChI is InChI=1S/C14H19Cl2NO/c1-2-17-14-5-6-18-9-11(14)7-10-3-4-12(15)8-13(10)16/h3-4,8,11,14,17H,2,5-7,9H2,1H3/t11-,14-/m1/s1. The first-order valence-electron chi connectivity index (χ1n) is 6.45. The highest BCUT2D eigenvalue weighted by molar-refractivity contribution is 6.35. The summed E-state index contributed by atoms with van der Waals surface area (Å²) in [5.74, 6) is 0.484. The van der Waals surface area contributed by atoms with E-state index in [9.17, 15) is 0 Å². The van der Waals surface area contributed by atoms with Gasteiger partial charge in [0, 0.05) is 28.6 Å². The predicted octanol–water partition coefficient (Wildman–Crippen LogP) is 3.55. The van der Waals surface area contributed by atoms with Gasteiger partial charge >= 0.3 is 0 Å². The molecular weight excluding hydrogens is 269 g/mol. The van der Waals surface area contributed by atoms with Gasteiger partial charge in [-0.05, 0) is 37.1 Å². The molecule has 1 heterocycles. The lowest BCUT2D eigenvalue weighted by atomic mass is 9.89. The average Bonchev–Trinajstić information content (AvgIpc) is 2.35. The van der Waals surface area contributed by atoms with Crippen LogP contribution in [0.25, 0.3) is 0 Å². The van der Waals surface area contributed by atoms with Crippen LogP contribution in [0.4, 0.5) is 0 Å². The molecule has 4 heteroatoms. The third kappa shape index (κ3) is 3.61. The summed E-state index contributed by atoms with van der Waals surface area (Å²) in [4.78, 5) is 0. The highest BCUT2D eigenvalue weighted by atomic mass is 35.5. The van der Waals surface area contributed by atoms with Crippen LogP contribution in [0.15, 0.2) is 18.2 Å². The highest BCUT2D eigenvalue weighted by Gasteiger charge is 2.25. The Labute approximate surface area is 119 Å². The zero-order chi connectivity index (χ0) is 13.0. The van der Waals surface area contributed by atoms with E-state index in [1.54, 1.807) is 0 Å². The molecule has 1 aliphatic rings. The fourth-order valence-corrected chi connectivity index (χ4v) is 2.98. The largest absolute Gasteiger partial charge is 0.381 e. The zero-order valence-corrected chi connectivity index (χ0v) is 12.1. The topological polar surface area (TPSA) is 21.3 Å². The Morgan fingerprint density at radius 1 is 1.39 bits per heavy atom. The van der Waals surface area contributed by atoms with Crippen LogP contribution in [0.5, 0.6) is 0 Å². The molecule has 2 nitrogen and oxygen atoms in total. The van der Waals surface area contributed by atoms with Crippen molar-refractivity contribution in [2.24, 2.45) is 5.92 Å². The fraction of sp³-hybridized carbons (Fsp3) is 0.571. The minimum absolute atomic E-state index is 0.484. The van der Waals surface area contributed by atoms with Crippen LogP contribution < -0.4 is 5.32 Å². The van der Waals surface area contributed by atoms with Crippen molar-refractivity contribution in [1.82, 2.24) is 5.32 Å².